The summed E-state index contributed by atoms with van der Waals surface area (Å²) < 4.78 is 1.56. The molecule has 0 N–H and O–H groups in total. The molecule has 0 aliphatic heterocycles. The Hall–Kier alpha value is -0.310. The maximum absolute atomic E-state index is 2.48. The van der Waals surface area contributed by atoms with Crippen LogP contribution in [0.1, 0.15) is 31.2 Å². The molecule has 68 valence electrons. The van der Waals surface area contributed by atoms with Gasteiger partial charge < -0.3 is 0 Å². The van der Waals surface area contributed by atoms with Crippen LogP contribution in [0, 0.1) is 0 Å². The van der Waals surface area contributed by atoms with Gasteiger partial charge in [-0.05, 0) is 51.5 Å². The Kier molecular flexibility index (Phi) is 2.72. The fourth-order valence-electron chi connectivity index (χ4n) is 1.98. The molecule has 1 aliphatic carbocycles. The van der Waals surface area contributed by atoms with E-state index < -0.39 is 0 Å². The number of rotatable bonds is 1. The lowest BCUT2D eigenvalue weighted by atomic mass is 9.94. The summed E-state index contributed by atoms with van der Waals surface area (Å²) in [6.07, 6.45) is 2.57. The van der Waals surface area contributed by atoms with Gasteiger partial charge in [-0.3, -0.25) is 0 Å². The van der Waals surface area contributed by atoms with Crippen molar-refractivity contribution in [2.45, 2.75) is 25.7 Å². The Bertz CT molecular complexity index is 324. The zero-order valence-electron chi connectivity index (χ0n) is 7.76. The van der Waals surface area contributed by atoms with Crippen LogP contribution < -0.4 is 0 Å². The minimum absolute atomic E-state index is 0.688. The Morgan fingerprint density at radius 3 is 2.46 bits per heavy atom. The maximum atomic E-state index is 2.48. The van der Waals surface area contributed by atoms with Gasteiger partial charge in [0, 0.05) is 5.92 Å². The van der Waals surface area contributed by atoms with E-state index in [0.29, 0.717) is 5.92 Å². The van der Waals surface area contributed by atoms with E-state index in [1.54, 1.807) is 9.15 Å². The number of halogens is 1. The van der Waals surface area contributed by atoms with Crippen LogP contribution in [-0.2, 0) is 0 Å². The summed E-state index contributed by atoms with van der Waals surface area (Å²) in [7, 11) is 0. The molecule has 13 heavy (non-hydrogen) atoms. The first-order valence-corrected chi connectivity index (χ1v) is 5.77. The van der Waals surface area contributed by atoms with E-state index in [0.717, 1.165) is 0 Å². The van der Waals surface area contributed by atoms with Crippen molar-refractivity contribution in [2.75, 3.05) is 0 Å². The summed E-state index contributed by atoms with van der Waals surface area (Å²) in [4.78, 5) is 0. The Labute approximate surface area is 93.2 Å². The summed E-state index contributed by atoms with van der Waals surface area (Å²) >= 11 is 2.48. The molecule has 0 unspecified atom stereocenters. The zero-order chi connectivity index (χ0) is 9.26. The van der Waals surface area contributed by atoms with E-state index in [9.17, 15) is 0 Å². The highest BCUT2D eigenvalue weighted by molar-refractivity contribution is 14.1. The van der Waals surface area contributed by atoms with E-state index in [4.69, 9.17) is 0 Å². The van der Waals surface area contributed by atoms with Gasteiger partial charge in [0.1, 0.15) is 0 Å². The predicted molar refractivity (Wildman–Crippen MR) is 65.1 cm³/mol. The molecule has 2 rings (SSSR count). The van der Waals surface area contributed by atoms with Crippen molar-refractivity contribution in [1.29, 1.82) is 0 Å². The van der Waals surface area contributed by atoms with Gasteiger partial charge in [0.05, 0.1) is 0 Å². The molecule has 1 aromatic carbocycles. The summed E-state index contributed by atoms with van der Waals surface area (Å²) in [5, 5.41) is 0. The molecule has 0 saturated carbocycles. The maximum Gasteiger partial charge on any atom is 0.00590 e. The Morgan fingerprint density at radius 2 is 1.92 bits per heavy atom. The van der Waals surface area contributed by atoms with E-state index in [1.807, 2.05) is 0 Å². The third kappa shape index (κ3) is 1.80. The highest BCUT2D eigenvalue weighted by Crippen LogP contribution is 2.41. The van der Waals surface area contributed by atoms with Crippen molar-refractivity contribution in [2.24, 2.45) is 0 Å². The van der Waals surface area contributed by atoms with Gasteiger partial charge in [0.2, 0.25) is 0 Å². The third-order valence-corrected chi connectivity index (χ3v) is 4.20. The first-order valence-electron chi connectivity index (χ1n) is 4.69. The zero-order valence-corrected chi connectivity index (χ0v) is 9.91. The normalized spacial score (nSPS) is 22.5. The fourth-order valence-corrected chi connectivity index (χ4v) is 2.66. The molecule has 0 nitrogen and oxygen atoms in total. The quantitative estimate of drug-likeness (QED) is 0.675. The molecule has 0 spiro atoms. The van der Waals surface area contributed by atoms with Crippen LogP contribution >= 0.6 is 22.6 Å². The lowest BCUT2D eigenvalue weighted by Crippen LogP contribution is -1.94. The second-order valence-corrected chi connectivity index (χ2v) is 4.89. The third-order valence-electron chi connectivity index (χ3n) is 2.81. The fraction of sp³-hybridized carbons (Fsp3) is 0.333. The summed E-state index contributed by atoms with van der Waals surface area (Å²) in [5.41, 5.74) is 3.05. The molecule has 0 amide bonds. The van der Waals surface area contributed by atoms with Crippen LogP contribution in [0.5, 0.6) is 0 Å². The van der Waals surface area contributed by atoms with Crippen molar-refractivity contribution >= 4 is 22.6 Å². The van der Waals surface area contributed by atoms with Crippen LogP contribution in [0.2, 0.25) is 0 Å². The minimum Gasteiger partial charge on any atom is -0.0622 e. The standard InChI is InChI=1S/C12H13I/c1-9-11(7-8-12(9)13)10-5-3-2-4-6-10/h2-6,11H,7-8H2,1H3/t11-/m0/s1. The number of benzene rings is 1. The molecule has 0 aromatic heterocycles. The smallest absolute Gasteiger partial charge is 0.00590 e. The summed E-state index contributed by atoms with van der Waals surface area (Å²) in [5.74, 6) is 0.688. The highest BCUT2D eigenvalue weighted by Gasteiger charge is 2.21. The van der Waals surface area contributed by atoms with Crippen molar-refractivity contribution in [3.05, 3.63) is 45.0 Å². The van der Waals surface area contributed by atoms with E-state index in [2.05, 4.69) is 59.8 Å². The molecule has 1 aromatic rings. The minimum atomic E-state index is 0.688. The van der Waals surface area contributed by atoms with Gasteiger partial charge in [-0.2, -0.15) is 0 Å². The van der Waals surface area contributed by atoms with Gasteiger partial charge in [0.25, 0.3) is 0 Å². The second kappa shape index (κ2) is 3.82. The molecule has 0 bridgehead atoms. The van der Waals surface area contributed by atoms with Gasteiger partial charge in [-0.1, -0.05) is 35.9 Å². The summed E-state index contributed by atoms with van der Waals surface area (Å²) in [6.45, 7) is 2.27. The average Bonchev–Trinajstić information content (AvgIpc) is 2.49. The van der Waals surface area contributed by atoms with Gasteiger partial charge >= 0.3 is 0 Å². The van der Waals surface area contributed by atoms with Crippen molar-refractivity contribution in [1.82, 2.24) is 0 Å². The lowest BCUT2D eigenvalue weighted by molar-refractivity contribution is 0.771. The second-order valence-electron chi connectivity index (χ2n) is 3.59. The molecule has 0 saturated heterocycles. The largest absolute Gasteiger partial charge is 0.0622 e. The summed E-state index contributed by atoms with van der Waals surface area (Å²) in [6, 6.07) is 10.8. The molecule has 1 aliphatic rings. The number of hydrogen-bond donors (Lipinski definition) is 0. The number of hydrogen-bond acceptors (Lipinski definition) is 0. The molecule has 0 fully saturated rings. The molecule has 1 heteroatoms. The average molecular weight is 284 g/mol. The first-order chi connectivity index (χ1) is 6.29. The van der Waals surface area contributed by atoms with Crippen LogP contribution in [-0.4, -0.2) is 0 Å². The topological polar surface area (TPSA) is 0 Å². The van der Waals surface area contributed by atoms with Crippen LogP contribution in [0.4, 0.5) is 0 Å². The monoisotopic (exact) mass is 284 g/mol. The van der Waals surface area contributed by atoms with Crippen LogP contribution in [0.25, 0.3) is 0 Å². The Balaban J connectivity index is 2.30. The highest BCUT2D eigenvalue weighted by atomic mass is 127. The van der Waals surface area contributed by atoms with E-state index in [1.165, 1.54) is 18.4 Å². The van der Waals surface area contributed by atoms with Crippen molar-refractivity contribution in [3.63, 3.8) is 0 Å². The van der Waals surface area contributed by atoms with Gasteiger partial charge in [-0.25, -0.2) is 0 Å². The van der Waals surface area contributed by atoms with Crippen molar-refractivity contribution < 1.29 is 0 Å². The van der Waals surface area contributed by atoms with E-state index >= 15 is 0 Å². The molecule has 1 atom stereocenters. The van der Waals surface area contributed by atoms with Crippen molar-refractivity contribution in [3.8, 4) is 0 Å². The first kappa shape index (κ1) is 9.25. The molecule has 0 radical (unpaired) electrons. The molecular formula is C12H13I. The van der Waals surface area contributed by atoms with Gasteiger partial charge in [-0.15, -0.1) is 0 Å². The van der Waals surface area contributed by atoms with E-state index in [-0.39, 0.29) is 0 Å². The molecule has 0 heterocycles. The Morgan fingerprint density at radius 1 is 1.23 bits per heavy atom. The van der Waals surface area contributed by atoms with Crippen LogP contribution in [0.3, 0.4) is 0 Å². The molecular weight excluding hydrogens is 271 g/mol. The lowest BCUT2D eigenvalue weighted by Gasteiger charge is -2.11. The predicted octanol–water partition coefficient (Wildman–Crippen LogP) is 4.27. The van der Waals surface area contributed by atoms with Gasteiger partial charge in [0.15, 0.2) is 0 Å². The number of allylic oxidation sites excluding steroid dienone is 2. The SMILES string of the molecule is CC1=C(I)CC[C@@H]1c1ccccc1. The van der Waals surface area contributed by atoms with Crippen LogP contribution in [0.15, 0.2) is 39.5 Å².